The van der Waals surface area contributed by atoms with Crippen LogP contribution in [0.4, 0.5) is 4.39 Å². The van der Waals surface area contributed by atoms with Crippen molar-refractivity contribution in [1.82, 2.24) is 9.80 Å². The smallest absolute Gasteiger partial charge is 0.310 e. The quantitative estimate of drug-likeness (QED) is 0.590. The molecule has 2 fully saturated rings. The standard InChI is InChI=1S/C28H33FN2O4/c1-3-35-28(34)23-8-5-15-30(17-23)26(32)22-11-14-25(21-7-4-6-19(2)16-21)31(18-22)27(33)20-9-12-24(29)13-10-20/h4,6-7,9-10,12-13,16,22-23,25H,3,5,8,11,14-15,17-18H2,1-2H3. The van der Waals surface area contributed by atoms with Gasteiger partial charge in [0.2, 0.25) is 5.91 Å². The molecule has 0 radical (unpaired) electrons. The number of hydrogen-bond acceptors (Lipinski definition) is 4. The molecule has 0 aromatic heterocycles. The summed E-state index contributed by atoms with van der Waals surface area (Å²) in [5.41, 5.74) is 2.54. The van der Waals surface area contributed by atoms with Crippen molar-refractivity contribution >= 4 is 17.8 Å². The molecule has 0 saturated carbocycles. The molecule has 2 aromatic rings. The molecule has 6 nitrogen and oxygen atoms in total. The van der Waals surface area contributed by atoms with Gasteiger partial charge in [0.05, 0.1) is 24.5 Å². The summed E-state index contributed by atoms with van der Waals surface area (Å²) in [7, 11) is 0. The van der Waals surface area contributed by atoms with E-state index in [4.69, 9.17) is 4.74 Å². The van der Waals surface area contributed by atoms with E-state index >= 15 is 0 Å². The molecule has 7 heteroatoms. The van der Waals surface area contributed by atoms with Crippen molar-refractivity contribution in [1.29, 1.82) is 0 Å². The Hall–Kier alpha value is -3.22. The van der Waals surface area contributed by atoms with E-state index < -0.39 is 5.82 Å². The summed E-state index contributed by atoms with van der Waals surface area (Å²) >= 11 is 0. The van der Waals surface area contributed by atoms with E-state index in [1.54, 1.807) is 16.7 Å². The molecule has 4 rings (SSSR count). The summed E-state index contributed by atoms with van der Waals surface area (Å²) in [6, 6.07) is 13.5. The Morgan fingerprint density at radius 3 is 2.49 bits per heavy atom. The third-order valence-electron chi connectivity index (χ3n) is 7.06. The minimum atomic E-state index is -0.398. The Bertz CT molecular complexity index is 1070. The normalized spacial score (nSPS) is 22.5. The lowest BCUT2D eigenvalue weighted by atomic mass is 9.86. The maximum Gasteiger partial charge on any atom is 0.310 e. The molecule has 2 saturated heterocycles. The fourth-order valence-corrected chi connectivity index (χ4v) is 5.27. The van der Waals surface area contributed by atoms with Gasteiger partial charge in [0.25, 0.3) is 5.91 Å². The predicted octanol–water partition coefficient (Wildman–Crippen LogP) is 4.53. The first-order chi connectivity index (χ1) is 16.9. The van der Waals surface area contributed by atoms with E-state index in [1.165, 1.54) is 24.3 Å². The molecule has 2 heterocycles. The fraction of sp³-hybridized carbons (Fsp3) is 0.464. The summed E-state index contributed by atoms with van der Waals surface area (Å²) < 4.78 is 18.7. The first kappa shape index (κ1) is 24.9. The van der Waals surface area contributed by atoms with Crippen LogP contribution in [0.25, 0.3) is 0 Å². The average Bonchev–Trinajstić information content (AvgIpc) is 2.88. The minimum absolute atomic E-state index is 0.0152. The molecule has 2 aliphatic heterocycles. The van der Waals surface area contributed by atoms with Gasteiger partial charge in [-0.25, -0.2) is 4.39 Å². The number of carbonyl (C=O) groups is 3. The maximum atomic E-state index is 13.6. The number of likely N-dealkylation sites (tertiary alicyclic amines) is 2. The van der Waals surface area contributed by atoms with E-state index in [1.807, 2.05) is 25.1 Å². The molecule has 35 heavy (non-hydrogen) atoms. The molecule has 0 spiro atoms. The zero-order valence-corrected chi connectivity index (χ0v) is 20.4. The average molecular weight is 481 g/mol. The molecule has 186 valence electrons. The summed E-state index contributed by atoms with van der Waals surface area (Å²) in [6.07, 6.45) is 2.79. The number of benzene rings is 2. The number of halogens is 1. The Morgan fingerprint density at radius 2 is 1.77 bits per heavy atom. The third-order valence-corrected chi connectivity index (χ3v) is 7.06. The van der Waals surface area contributed by atoms with Gasteiger partial charge in [-0.15, -0.1) is 0 Å². The molecule has 3 atom stereocenters. The van der Waals surface area contributed by atoms with E-state index in [9.17, 15) is 18.8 Å². The van der Waals surface area contributed by atoms with Crippen molar-refractivity contribution in [3.63, 3.8) is 0 Å². The van der Waals surface area contributed by atoms with Gasteiger partial charge in [-0.3, -0.25) is 14.4 Å². The summed E-state index contributed by atoms with van der Waals surface area (Å²) in [5, 5.41) is 0. The van der Waals surface area contributed by atoms with Gasteiger partial charge in [0.1, 0.15) is 5.82 Å². The zero-order chi connectivity index (χ0) is 24.9. The first-order valence-corrected chi connectivity index (χ1v) is 12.5. The minimum Gasteiger partial charge on any atom is -0.466 e. The topological polar surface area (TPSA) is 66.9 Å². The Kier molecular flexibility index (Phi) is 7.83. The lowest BCUT2D eigenvalue weighted by Gasteiger charge is -2.42. The van der Waals surface area contributed by atoms with E-state index in [0.717, 1.165) is 24.0 Å². The van der Waals surface area contributed by atoms with E-state index in [0.29, 0.717) is 38.1 Å². The van der Waals surface area contributed by atoms with Crippen molar-refractivity contribution in [2.24, 2.45) is 11.8 Å². The van der Waals surface area contributed by atoms with Crippen LogP contribution in [0.3, 0.4) is 0 Å². The van der Waals surface area contributed by atoms with E-state index in [2.05, 4.69) is 6.07 Å². The lowest BCUT2D eigenvalue weighted by Crippen LogP contribution is -2.50. The molecule has 2 aromatic carbocycles. The van der Waals surface area contributed by atoms with Crippen molar-refractivity contribution in [3.8, 4) is 0 Å². The van der Waals surface area contributed by atoms with Crippen LogP contribution in [0.15, 0.2) is 48.5 Å². The van der Waals surface area contributed by atoms with Crippen molar-refractivity contribution in [2.45, 2.75) is 45.6 Å². The number of hydrogen-bond donors (Lipinski definition) is 0. The zero-order valence-electron chi connectivity index (χ0n) is 20.4. The van der Waals surface area contributed by atoms with Crippen LogP contribution in [0, 0.1) is 24.6 Å². The number of piperidine rings is 2. The number of amides is 2. The Morgan fingerprint density at radius 1 is 1.00 bits per heavy atom. The number of carbonyl (C=O) groups excluding carboxylic acids is 3. The van der Waals surface area contributed by atoms with Crippen molar-refractivity contribution in [3.05, 3.63) is 71.0 Å². The molecule has 0 aliphatic carbocycles. The maximum absolute atomic E-state index is 13.6. The van der Waals surface area contributed by atoms with Gasteiger partial charge in [-0.2, -0.15) is 0 Å². The number of ether oxygens (including phenoxy) is 1. The van der Waals surface area contributed by atoms with Crippen LogP contribution in [0.5, 0.6) is 0 Å². The van der Waals surface area contributed by atoms with Gasteiger partial charge in [-0.1, -0.05) is 29.8 Å². The molecule has 3 unspecified atom stereocenters. The molecule has 0 bridgehead atoms. The highest BCUT2D eigenvalue weighted by Gasteiger charge is 2.39. The SMILES string of the molecule is CCOC(=O)C1CCCN(C(=O)C2CCC(c3cccc(C)c3)N(C(=O)c3ccc(F)cc3)C2)C1. The van der Waals surface area contributed by atoms with Crippen molar-refractivity contribution in [2.75, 3.05) is 26.2 Å². The van der Waals surface area contributed by atoms with Crippen molar-refractivity contribution < 1.29 is 23.5 Å². The summed E-state index contributed by atoms with van der Waals surface area (Å²) in [4.78, 5) is 42.9. The van der Waals surface area contributed by atoms with Gasteiger partial charge in [0.15, 0.2) is 0 Å². The molecule has 0 N–H and O–H groups in total. The number of rotatable bonds is 5. The number of esters is 1. The summed E-state index contributed by atoms with van der Waals surface area (Å²) in [5.74, 6) is -1.52. The Balaban J connectivity index is 1.55. The van der Waals surface area contributed by atoms with Crippen LogP contribution in [-0.2, 0) is 14.3 Å². The van der Waals surface area contributed by atoms with Gasteiger partial charge in [-0.05, 0) is 69.4 Å². The molecular formula is C28H33FN2O4. The van der Waals surface area contributed by atoms with Crippen LogP contribution < -0.4 is 0 Å². The predicted molar refractivity (Wildman–Crippen MR) is 130 cm³/mol. The molecule has 2 aliphatic rings. The highest BCUT2D eigenvalue weighted by atomic mass is 19.1. The second-order valence-corrected chi connectivity index (χ2v) is 9.54. The van der Waals surface area contributed by atoms with Gasteiger partial charge < -0.3 is 14.5 Å². The second-order valence-electron chi connectivity index (χ2n) is 9.54. The summed E-state index contributed by atoms with van der Waals surface area (Å²) in [6.45, 7) is 5.38. The Labute approximate surface area is 206 Å². The first-order valence-electron chi connectivity index (χ1n) is 12.5. The van der Waals surface area contributed by atoms with E-state index in [-0.39, 0.29) is 42.2 Å². The van der Waals surface area contributed by atoms with Gasteiger partial charge in [0, 0.05) is 25.2 Å². The molecular weight excluding hydrogens is 447 g/mol. The second kappa shape index (κ2) is 11.0. The monoisotopic (exact) mass is 480 g/mol. The van der Waals surface area contributed by atoms with Gasteiger partial charge >= 0.3 is 5.97 Å². The van der Waals surface area contributed by atoms with Crippen LogP contribution >= 0.6 is 0 Å². The molecule has 2 amide bonds. The highest BCUT2D eigenvalue weighted by molar-refractivity contribution is 5.95. The largest absolute Gasteiger partial charge is 0.466 e. The third kappa shape index (κ3) is 5.72. The number of aryl methyl sites for hydroxylation is 1. The van der Waals surface area contributed by atoms with Crippen LogP contribution in [0.2, 0.25) is 0 Å². The number of nitrogens with zero attached hydrogens (tertiary/aromatic N) is 2. The fourth-order valence-electron chi connectivity index (χ4n) is 5.27. The lowest BCUT2D eigenvalue weighted by molar-refractivity contribution is -0.152. The highest BCUT2D eigenvalue weighted by Crippen LogP contribution is 2.36. The van der Waals surface area contributed by atoms with Crippen LogP contribution in [-0.4, -0.2) is 53.8 Å². The van der Waals surface area contributed by atoms with Crippen LogP contribution in [0.1, 0.15) is 60.1 Å².